The zero-order chi connectivity index (χ0) is 13.1. The second kappa shape index (κ2) is 5.67. The molecule has 0 spiro atoms. The number of halogens is 2. The highest BCUT2D eigenvalue weighted by Crippen LogP contribution is 2.20. The van der Waals surface area contributed by atoms with E-state index in [2.05, 4.69) is 32.9 Å². The summed E-state index contributed by atoms with van der Waals surface area (Å²) in [5.41, 5.74) is 1.49. The fraction of sp³-hybridized carbons (Fsp3) is 0.0769. The average Bonchev–Trinajstić information content (AvgIpc) is 2.32. The van der Waals surface area contributed by atoms with Crippen LogP contribution in [0.3, 0.4) is 0 Å². The van der Waals surface area contributed by atoms with Crippen LogP contribution in [0.15, 0.2) is 36.5 Å². The molecule has 1 N–H and O–H groups in total. The number of benzene rings is 1. The van der Waals surface area contributed by atoms with Gasteiger partial charge in [-0.15, -0.1) is 0 Å². The van der Waals surface area contributed by atoms with Crippen molar-refractivity contribution in [2.45, 2.75) is 6.92 Å². The van der Waals surface area contributed by atoms with E-state index in [4.69, 9.17) is 11.6 Å². The number of carbonyl (C=O) groups is 1. The number of nitrogens with zero attached hydrogens (tertiary/aromatic N) is 1. The Morgan fingerprint density at radius 1 is 1.33 bits per heavy atom. The predicted octanol–water partition coefficient (Wildman–Crippen LogP) is 3.90. The summed E-state index contributed by atoms with van der Waals surface area (Å²) in [6.45, 7) is 1.94. The van der Waals surface area contributed by atoms with Crippen molar-refractivity contribution in [1.82, 2.24) is 4.98 Å². The van der Waals surface area contributed by atoms with Crippen molar-refractivity contribution < 1.29 is 4.79 Å². The summed E-state index contributed by atoms with van der Waals surface area (Å²) in [7, 11) is 0. The number of aromatic nitrogens is 1. The number of aryl methyl sites for hydroxylation is 1. The van der Waals surface area contributed by atoms with Crippen LogP contribution in [0.1, 0.15) is 15.9 Å². The lowest BCUT2D eigenvalue weighted by atomic mass is 10.2. The van der Waals surface area contributed by atoms with Crippen molar-refractivity contribution in [3.8, 4) is 0 Å². The molecule has 18 heavy (non-hydrogen) atoms. The Hall–Kier alpha value is -1.14. The second-order valence-corrected chi connectivity index (χ2v) is 5.45. The van der Waals surface area contributed by atoms with E-state index in [1.165, 1.54) is 0 Å². The molecule has 0 fully saturated rings. The minimum Gasteiger partial charge on any atom is -0.307 e. The Bertz CT molecular complexity index is 601. The maximum absolute atomic E-state index is 12.1. The van der Waals surface area contributed by atoms with E-state index in [9.17, 15) is 4.79 Å². The minimum atomic E-state index is -0.253. The first-order chi connectivity index (χ1) is 8.56. The summed E-state index contributed by atoms with van der Waals surface area (Å²) in [5, 5.41) is 3.16. The van der Waals surface area contributed by atoms with E-state index in [0.29, 0.717) is 16.4 Å². The van der Waals surface area contributed by atoms with Crippen LogP contribution in [0.5, 0.6) is 0 Å². The molecule has 0 radical (unpaired) electrons. The molecule has 3 nitrogen and oxygen atoms in total. The van der Waals surface area contributed by atoms with Gasteiger partial charge in [-0.1, -0.05) is 11.6 Å². The van der Waals surface area contributed by atoms with Crippen LogP contribution in [0.25, 0.3) is 0 Å². The van der Waals surface area contributed by atoms with Crippen LogP contribution >= 0.6 is 34.2 Å². The summed E-state index contributed by atoms with van der Waals surface area (Å²) in [5.74, 6) is 0.270. The average molecular weight is 373 g/mol. The Morgan fingerprint density at radius 3 is 2.83 bits per heavy atom. The molecule has 1 amide bonds. The number of anilines is 1. The van der Waals surface area contributed by atoms with Gasteiger partial charge in [0.1, 0.15) is 5.82 Å². The van der Waals surface area contributed by atoms with E-state index in [1.807, 2.05) is 19.1 Å². The third-order valence-corrected chi connectivity index (χ3v) is 3.33. The number of nitrogens with one attached hydrogen (secondary N) is 1. The van der Waals surface area contributed by atoms with Gasteiger partial charge in [0.15, 0.2) is 0 Å². The summed E-state index contributed by atoms with van der Waals surface area (Å²) in [6.07, 6.45) is 1.65. The maximum Gasteiger partial charge on any atom is 0.258 e. The summed E-state index contributed by atoms with van der Waals surface area (Å²) in [4.78, 5) is 16.1. The summed E-state index contributed by atoms with van der Waals surface area (Å²) >= 11 is 8.14. The molecule has 0 unspecified atom stereocenters. The van der Waals surface area contributed by atoms with Gasteiger partial charge in [0.25, 0.3) is 5.91 Å². The van der Waals surface area contributed by atoms with E-state index in [1.54, 1.807) is 24.4 Å². The molecule has 0 atom stereocenters. The van der Waals surface area contributed by atoms with Gasteiger partial charge in [-0.3, -0.25) is 4.79 Å². The van der Waals surface area contributed by atoms with E-state index < -0.39 is 0 Å². The standard InChI is InChI=1S/C13H10ClIN2O/c1-8-4-5-16-12(6-8)17-13(18)10-7-9(15)2-3-11(10)14/h2-7H,1H3,(H,16,17,18). The summed E-state index contributed by atoms with van der Waals surface area (Å²) in [6, 6.07) is 8.98. The summed E-state index contributed by atoms with van der Waals surface area (Å²) < 4.78 is 0.958. The largest absolute Gasteiger partial charge is 0.307 e. The first-order valence-electron chi connectivity index (χ1n) is 5.25. The van der Waals surface area contributed by atoms with Crippen molar-refractivity contribution in [2.24, 2.45) is 0 Å². The van der Waals surface area contributed by atoms with Gasteiger partial charge >= 0.3 is 0 Å². The van der Waals surface area contributed by atoms with Crippen molar-refractivity contribution in [2.75, 3.05) is 5.32 Å². The van der Waals surface area contributed by atoms with Crippen LogP contribution in [-0.2, 0) is 0 Å². The SMILES string of the molecule is Cc1ccnc(NC(=O)c2cc(I)ccc2Cl)c1. The number of hydrogen-bond acceptors (Lipinski definition) is 2. The topological polar surface area (TPSA) is 42.0 Å². The molecule has 0 saturated heterocycles. The minimum absolute atomic E-state index is 0.253. The molecule has 2 aromatic rings. The molecule has 92 valence electrons. The number of carbonyl (C=O) groups excluding carboxylic acids is 1. The zero-order valence-corrected chi connectivity index (χ0v) is 12.5. The van der Waals surface area contributed by atoms with Gasteiger partial charge in [-0.2, -0.15) is 0 Å². The highest BCUT2D eigenvalue weighted by molar-refractivity contribution is 14.1. The van der Waals surface area contributed by atoms with Crippen LogP contribution in [0, 0.1) is 10.5 Å². The van der Waals surface area contributed by atoms with Gasteiger partial charge in [0.05, 0.1) is 10.6 Å². The van der Waals surface area contributed by atoms with Gasteiger partial charge < -0.3 is 5.32 Å². The second-order valence-electron chi connectivity index (χ2n) is 3.80. The Morgan fingerprint density at radius 2 is 2.11 bits per heavy atom. The molecule has 0 aliphatic carbocycles. The molecule has 5 heteroatoms. The number of pyridine rings is 1. The number of rotatable bonds is 2. The normalized spacial score (nSPS) is 10.2. The van der Waals surface area contributed by atoms with Gasteiger partial charge in [0, 0.05) is 9.77 Å². The molecule has 1 aromatic heterocycles. The third kappa shape index (κ3) is 3.20. The quantitative estimate of drug-likeness (QED) is 0.813. The molecule has 0 aliphatic heterocycles. The molecule has 1 aromatic carbocycles. The van der Waals surface area contributed by atoms with Crippen LogP contribution < -0.4 is 5.32 Å². The van der Waals surface area contributed by atoms with Crippen LogP contribution in [-0.4, -0.2) is 10.9 Å². The molecule has 1 heterocycles. The van der Waals surface area contributed by atoms with Crippen LogP contribution in [0.2, 0.25) is 5.02 Å². The molecule has 0 aliphatic rings. The smallest absolute Gasteiger partial charge is 0.258 e. The Kier molecular flexibility index (Phi) is 4.19. The van der Waals surface area contributed by atoms with Crippen molar-refractivity contribution in [1.29, 1.82) is 0 Å². The first kappa shape index (κ1) is 13.3. The fourth-order valence-corrected chi connectivity index (χ4v) is 2.15. The molecule has 2 rings (SSSR count). The molecule has 0 saturated carbocycles. The lowest BCUT2D eigenvalue weighted by Crippen LogP contribution is -2.13. The Labute approximate surface area is 124 Å². The van der Waals surface area contributed by atoms with E-state index >= 15 is 0 Å². The molecular weight excluding hydrogens is 363 g/mol. The van der Waals surface area contributed by atoms with Crippen molar-refractivity contribution in [3.63, 3.8) is 0 Å². The number of hydrogen-bond donors (Lipinski definition) is 1. The van der Waals surface area contributed by atoms with Crippen molar-refractivity contribution >= 4 is 45.9 Å². The molecular formula is C13H10ClIN2O. The van der Waals surface area contributed by atoms with E-state index in [-0.39, 0.29) is 5.91 Å². The third-order valence-electron chi connectivity index (χ3n) is 2.33. The zero-order valence-electron chi connectivity index (χ0n) is 9.58. The molecule has 0 bridgehead atoms. The van der Waals surface area contributed by atoms with Crippen molar-refractivity contribution in [3.05, 3.63) is 56.2 Å². The van der Waals surface area contributed by atoms with Crippen LogP contribution in [0.4, 0.5) is 5.82 Å². The predicted molar refractivity (Wildman–Crippen MR) is 81.1 cm³/mol. The van der Waals surface area contributed by atoms with Gasteiger partial charge in [-0.25, -0.2) is 4.98 Å². The van der Waals surface area contributed by atoms with Gasteiger partial charge in [-0.05, 0) is 65.4 Å². The number of amides is 1. The maximum atomic E-state index is 12.1. The monoisotopic (exact) mass is 372 g/mol. The van der Waals surface area contributed by atoms with E-state index in [0.717, 1.165) is 9.13 Å². The Balaban J connectivity index is 2.24. The van der Waals surface area contributed by atoms with Gasteiger partial charge in [0.2, 0.25) is 0 Å². The highest BCUT2D eigenvalue weighted by atomic mass is 127. The lowest BCUT2D eigenvalue weighted by Gasteiger charge is -2.07. The lowest BCUT2D eigenvalue weighted by molar-refractivity contribution is 0.102. The highest BCUT2D eigenvalue weighted by Gasteiger charge is 2.11. The first-order valence-corrected chi connectivity index (χ1v) is 6.71. The fourth-order valence-electron chi connectivity index (χ4n) is 1.46.